The van der Waals surface area contributed by atoms with Gasteiger partial charge in [-0.3, -0.25) is 19.2 Å². The lowest BCUT2D eigenvalue weighted by Crippen LogP contribution is -2.52. The molecule has 0 saturated carbocycles. The largest absolute Gasteiger partial charge is 0.491 e. The van der Waals surface area contributed by atoms with Crippen molar-refractivity contribution >= 4 is 34.4 Å². The molecule has 2 heterocycles. The molecule has 4 amide bonds. The smallest absolute Gasteiger partial charge is 0.253 e. The van der Waals surface area contributed by atoms with E-state index in [4.69, 9.17) is 9.47 Å². The fraction of sp³-hybridized carbons (Fsp3) is 0.333. The topological polar surface area (TPSA) is 117 Å². The first-order valence-electron chi connectivity index (χ1n) is 16.7. The summed E-state index contributed by atoms with van der Waals surface area (Å²) in [6.45, 7) is 0.661. The molecule has 10 heteroatoms. The van der Waals surface area contributed by atoms with Gasteiger partial charge in [-0.05, 0) is 59.4 Å². The highest BCUT2D eigenvalue weighted by Crippen LogP contribution is 2.32. The predicted molar refractivity (Wildman–Crippen MR) is 187 cm³/mol. The Bertz CT molecular complexity index is 1840. The van der Waals surface area contributed by atoms with Crippen LogP contribution >= 0.6 is 0 Å². The number of hydrogen-bond donors (Lipinski definition) is 2. The molecular weight excluding hydrogens is 620 g/mol. The molecule has 10 nitrogen and oxygen atoms in total. The second kappa shape index (κ2) is 15.3. The monoisotopic (exact) mass is 662 g/mol. The van der Waals surface area contributed by atoms with Crippen molar-refractivity contribution in [1.29, 1.82) is 0 Å². The van der Waals surface area contributed by atoms with E-state index in [1.54, 1.807) is 22.9 Å². The molecule has 4 aromatic carbocycles. The first kappa shape index (κ1) is 33.7. The average molecular weight is 663 g/mol. The number of amides is 4. The molecule has 1 fully saturated rings. The highest BCUT2D eigenvalue weighted by atomic mass is 16.5. The maximum Gasteiger partial charge on any atom is 0.253 e. The minimum atomic E-state index is -0.843. The van der Waals surface area contributed by atoms with Gasteiger partial charge in [-0.25, -0.2) is 0 Å². The number of nitrogens with one attached hydrogen (secondary N) is 2. The molecule has 3 atom stereocenters. The van der Waals surface area contributed by atoms with Gasteiger partial charge in [0.2, 0.25) is 17.7 Å². The van der Waals surface area contributed by atoms with Crippen molar-refractivity contribution in [2.24, 2.45) is 0 Å². The number of carbonyl (C=O) groups excluding carboxylic acids is 4. The third kappa shape index (κ3) is 8.09. The Kier molecular flexibility index (Phi) is 10.5. The van der Waals surface area contributed by atoms with Gasteiger partial charge in [-0.15, -0.1) is 0 Å². The summed E-state index contributed by atoms with van der Waals surface area (Å²) in [5.41, 5.74) is 3.13. The third-order valence-corrected chi connectivity index (χ3v) is 9.22. The second-order valence-electron chi connectivity index (χ2n) is 12.8. The Morgan fingerprint density at radius 2 is 1.65 bits per heavy atom. The van der Waals surface area contributed by atoms with Gasteiger partial charge in [-0.1, -0.05) is 72.8 Å². The normalized spacial score (nSPS) is 19.9. The van der Waals surface area contributed by atoms with E-state index in [1.165, 1.54) is 7.11 Å². The van der Waals surface area contributed by atoms with Gasteiger partial charge in [0.1, 0.15) is 25.0 Å². The highest BCUT2D eigenvalue weighted by molar-refractivity contribution is 5.95. The molecule has 0 spiro atoms. The zero-order chi connectivity index (χ0) is 34.3. The van der Waals surface area contributed by atoms with Crippen LogP contribution in [0.2, 0.25) is 0 Å². The summed E-state index contributed by atoms with van der Waals surface area (Å²) in [5.74, 6) is -0.314. The Morgan fingerprint density at radius 3 is 2.49 bits per heavy atom. The van der Waals surface area contributed by atoms with Gasteiger partial charge in [-0.2, -0.15) is 0 Å². The third-order valence-electron chi connectivity index (χ3n) is 9.22. The first-order chi connectivity index (χ1) is 23.8. The molecule has 2 N–H and O–H groups in total. The predicted octanol–water partition coefficient (Wildman–Crippen LogP) is 4.21. The number of fused-ring (bicyclic) bond motifs is 6. The molecule has 0 unspecified atom stereocenters. The van der Waals surface area contributed by atoms with Gasteiger partial charge >= 0.3 is 0 Å². The maximum absolute atomic E-state index is 14.3. The van der Waals surface area contributed by atoms with Gasteiger partial charge in [0.25, 0.3) is 5.91 Å². The van der Waals surface area contributed by atoms with Crippen LogP contribution < -0.4 is 15.4 Å². The number of ether oxygens (including phenoxy) is 2. The lowest BCUT2D eigenvalue weighted by Gasteiger charge is -2.30. The SMILES string of the molecule is COCC(=O)N[C@H]1CCCN(C)C(=O)c2cccc(c2)-c2ccccc2OC[C@@H]2C[C@H](NC(=O)Cc3ccc4ccccc4c3)CN2C1=O. The van der Waals surface area contributed by atoms with Crippen LogP contribution in [0.15, 0.2) is 91.0 Å². The summed E-state index contributed by atoms with van der Waals surface area (Å²) in [4.78, 5) is 57.0. The summed E-state index contributed by atoms with van der Waals surface area (Å²) < 4.78 is 11.5. The molecule has 4 aromatic rings. The zero-order valence-electron chi connectivity index (χ0n) is 27.9. The van der Waals surface area contributed by atoms with Crippen LogP contribution in [0.3, 0.4) is 0 Å². The van der Waals surface area contributed by atoms with Crippen LogP contribution in [0, 0.1) is 0 Å². The maximum atomic E-state index is 14.3. The average Bonchev–Trinajstić information content (AvgIpc) is 3.51. The highest BCUT2D eigenvalue weighted by Gasteiger charge is 2.39. The van der Waals surface area contributed by atoms with E-state index in [9.17, 15) is 19.2 Å². The van der Waals surface area contributed by atoms with Crippen molar-refractivity contribution in [2.45, 2.75) is 43.8 Å². The lowest BCUT2D eigenvalue weighted by atomic mass is 10.0. The summed E-state index contributed by atoms with van der Waals surface area (Å²) in [6.07, 6.45) is 1.50. The van der Waals surface area contributed by atoms with E-state index in [0.717, 1.165) is 27.5 Å². The molecule has 1 saturated heterocycles. The van der Waals surface area contributed by atoms with Crippen LogP contribution in [0.25, 0.3) is 21.9 Å². The van der Waals surface area contributed by atoms with E-state index in [1.807, 2.05) is 84.9 Å². The van der Waals surface area contributed by atoms with Crippen molar-refractivity contribution in [3.05, 3.63) is 102 Å². The number of hydrogen-bond acceptors (Lipinski definition) is 6. The van der Waals surface area contributed by atoms with Crippen LogP contribution in [0.4, 0.5) is 0 Å². The number of benzene rings is 4. The standard InChI is InChI=1S/C39H42N4O6/c1-42-18-8-14-34(41-37(45)25-48-2)39(47)43-23-31(40-36(44)20-26-16-17-27-9-3-4-10-28(27)19-26)22-32(43)24-49-35-15-6-5-13-33(35)29-11-7-12-30(21-29)38(42)46/h3-7,9-13,15-17,19,21,31-32,34H,8,14,18,20,22-25H2,1-2H3,(H,40,44)(H,41,45)/t31-,32-,34-/m0/s1. The van der Waals surface area contributed by atoms with E-state index in [-0.39, 0.29) is 56.0 Å². The number of para-hydroxylation sites is 1. The second-order valence-corrected chi connectivity index (χ2v) is 12.8. The Balaban J connectivity index is 1.26. The van der Waals surface area contributed by atoms with Crippen LogP contribution in [0.5, 0.6) is 5.75 Å². The molecule has 2 aliphatic heterocycles. The Hall–Kier alpha value is -5.22. The van der Waals surface area contributed by atoms with E-state index in [0.29, 0.717) is 37.1 Å². The molecule has 49 heavy (non-hydrogen) atoms. The van der Waals surface area contributed by atoms with Gasteiger partial charge < -0.3 is 29.9 Å². The lowest BCUT2D eigenvalue weighted by molar-refractivity contribution is -0.138. The Labute approximate surface area is 286 Å². The van der Waals surface area contributed by atoms with Gasteiger partial charge in [0.05, 0.1) is 12.5 Å². The van der Waals surface area contributed by atoms with E-state index >= 15 is 0 Å². The van der Waals surface area contributed by atoms with E-state index in [2.05, 4.69) is 10.6 Å². The Morgan fingerprint density at radius 1 is 0.878 bits per heavy atom. The molecule has 6 rings (SSSR count). The van der Waals surface area contributed by atoms with Crippen LogP contribution in [0.1, 0.15) is 35.2 Å². The molecule has 0 radical (unpaired) electrons. The van der Waals surface area contributed by atoms with Crippen molar-refractivity contribution in [3.63, 3.8) is 0 Å². The number of nitrogens with zero attached hydrogens (tertiary/aromatic N) is 2. The van der Waals surface area contributed by atoms with Gasteiger partial charge in [0, 0.05) is 44.4 Å². The van der Waals surface area contributed by atoms with Crippen molar-refractivity contribution in [1.82, 2.24) is 20.4 Å². The van der Waals surface area contributed by atoms with Crippen molar-refractivity contribution in [3.8, 4) is 16.9 Å². The molecule has 2 bridgehead atoms. The molecule has 0 aliphatic carbocycles. The minimum Gasteiger partial charge on any atom is -0.491 e. The molecule has 2 aliphatic rings. The first-order valence-corrected chi connectivity index (χ1v) is 16.7. The van der Waals surface area contributed by atoms with E-state index < -0.39 is 11.9 Å². The van der Waals surface area contributed by atoms with Gasteiger partial charge in [0.15, 0.2) is 0 Å². The zero-order valence-corrected chi connectivity index (χ0v) is 27.9. The van der Waals surface area contributed by atoms with Crippen molar-refractivity contribution in [2.75, 3.05) is 40.5 Å². The quantitative estimate of drug-likeness (QED) is 0.320. The summed E-state index contributed by atoms with van der Waals surface area (Å²) in [6, 6.07) is 27.6. The fourth-order valence-corrected chi connectivity index (χ4v) is 6.78. The fourth-order valence-electron chi connectivity index (χ4n) is 6.78. The number of carbonyl (C=O) groups is 4. The van der Waals surface area contributed by atoms with Crippen LogP contribution in [-0.2, 0) is 25.5 Å². The molecular formula is C39H42N4O6. The summed E-state index contributed by atoms with van der Waals surface area (Å²) in [7, 11) is 3.16. The number of methoxy groups -OCH3 is 1. The summed E-state index contributed by atoms with van der Waals surface area (Å²) >= 11 is 0. The number of rotatable bonds is 6. The van der Waals surface area contributed by atoms with Crippen LogP contribution in [-0.4, -0.2) is 92.0 Å². The molecule has 254 valence electrons. The molecule has 0 aromatic heterocycles. The summed E-state index contributed by atoms with van der Waals surface area (Å²) in [5, 5.41) is 8.19. The van der Waals surface area contributed by atoms with Crippen molar-refractivity contribution < 1.29 is 28.7 Å². The minimum absolute atomic E-state index is 0.129.